The average molecular weight is 406 g/mol. The van der Waals surface area contributed by atoms with E-state index in [-0.39, 0.29) is 11.8 Å². The summed E-state index contributed by atoms with van der Waals surface area (Å²) in [5.74, 6) is -0.262. The van der Waals surface area contributed by atoms with Crippen LogP contribution in [0.1, 0.15) is 24.1 Å². The summed E-state index contributed by atoms with van der Waals surface area (Å²) in [6.07, 6.45) is -4.71. The summed E-state index contributed by atoms with van der Waals surface area (Å²) in [5.41, 5.74) is 3.69. The van der Waals surface area contributed by atoms with Gasteiger partial charge in [-0.1, -0.05) is 60.1 Å². The maximum absolute atomic E-state index is 12.3. The van der Waals surface area contributed by atoms with Gasteiger partial charge in [0.2, 0.25) is 0 Å². The fraction of sp³-hybridized carbons (Fsp3) is 0.182. The van der Waals surface area contributed by atoms with Gasteiger partial charge in [-0.05, 0) is 47.9 Å². The van der Waals surface area contributed by atoms with Gasteiger partial charge in [0.05, 0.1) is 0 Å². The monoisotopic (exact) mass is 405 g/mol. The summed E-state index contributed by atoms with van der Waals surface area (Å²) in [4.78, 5) is 0. The molecule has 146 valence electrons. The Morgan fingerprint density at radius 1 is 0.964 bits per heavy atom. The van der Waals surface area contributed by atoms with Crippen LogP contribution in [0, 0.1) is 0 Å². The second-order valence-corrected chi connectivity index (χ2v) is 6.81. The molecule has 6 heteroatoms. The molecule has 0 heterocycles. The molecule has 3 aromatic carbocycles. The van der Waals surface area contributed by atoms with Crippen LogP contribution in [0.2, 0.25) is 5.02 Å². The summed E-state index contributed by atoms with van der Waals surface area (Å²) in [7, 11) is 0. The van der Waals surface area contributed by atoms with Gasteiger partial charge in [0.25, 0.3) is 0 Å². The normalized spacial score (nSPS) is 12.6. The topological polar surface area (TPSA) is 21.3 Å². The lowest BCUT2D eigenvalue weighted by atomic mass is 10.0. The fourth-order valence-corrected chi connectivity index (χ4v) is 3.10. The maximum atomic E-state index is 12.3. The van der Waals surface area contributed by atoms with Crippen LogP contribution in [-0.2, 0) is 6.54 Å². The predicted molar refractivity (Wildman–Crippen MR) is 105 cm³/mol. The Labute approximate surface area is 166 Å². The summed E-state index contributed by atoms with van der Waals surface area (Å²) in [6.45, 7) is 2.72. The standard InChI is InChI=1S/C22H19ClF3NO/c1-15(17-5-3-2-4-6-17)27-14-16-7-12-21(23)20(13-16)18-8-10-19(11-9-18)28-22(24,25)26/h2-13,15,27H,14H2,1H3. The molecule has 1 N–H and O–H groups in total. The second kappa shape index (κ2) is 8.67. The van der Waals surface area contributed by atoms with Gasteiger partial charge in [-0.2, -0.15) is 0 Å². The molecule has 0 bridgehead atoms. The van der Waals surface area contributed by atoms with E-state index >= 15 is 0 Å². The lowest BCUT2D eigenvalue weighted by Crippen LogP contribution is -2.18. The number of rotatable bonds is 6. The minimum atomic E-state index is -4.71. The molecule has 0 aliphatic heterocycles. The molecule has 0 spiro atoms. The number of benzene rings is 3. The molecule has 0 radical (unpaired) electrons. The van der Waals surface area contributed by atoms with E-state index in [9.17, 15) is 13.2 Å². The number of hydrogen-bond acceptors (Lipinski definition) is 2. The van der Waals surface area contributed by atoms with Crippen molar-refractivity contribution in [2.45, 2.75) is 25.9 Å². The Balaban J connectivity index is 1.72. The van der Waals surface area contributed by atoms with Gasteiger partial charge < -0.3 is 10.1 Å². The first kappa shape index (κ1) is 20.2. The van der Waals surface area contributed by atoms with Gasteiger partial charge in [0.15, 0.2) is 0 Å². The van der Waals surface area contributed by atoms with Gasteiger partial charge in [0, 0.05) is 23.2 Å². The number of alkyl halides is 3. The molecule has 3 rings (SSSR count). The van der Waals surface area contributed by atoms with Gasteiger partial charge in [-0.15, -0.1) is 13.2 Å². The van der Waals surface area contributed by atoms with E-state index in [2.05, 4.69) is 29.1 Å². The molecule has 1 atom stereocenters. The van der Waals surface area contributed by atoms with E-state index in [0.717, 1.165) is 16.7 Å². The number of halogens is 4. The van der Waals surface area contributed by atoms with Crippen LogP contribution < -0.4 is 10.1 Å². The van der Waals surface area contributed by atoms with E-state index in [1.165, 1.54) is 17.7 Å². The Kier molecular flexibility index (Phi) is 6.27. The van der Waals surface area contributed by atoms with Gasteiger partial charge in [-0.3, -0.25) is 0 Å². The number of hydrogen-bond donors (Lipinski definition) is 1. The van der Waals surface area contributed by atoms with Crippen molar-refractivity contribution in [2.75, 3.05) is 0 Å². The molecular weight excluding hydrogens is 387 g/mol. The third-order valence-electron chi connectivity index (χ3n) is 4.34. The summed E-state index contributed by atoms with van der Waals surface area (Å²) < 4.78 is 40.8. The molecule has 3 aromatic rings. The third kappa shape index (κ3) is 5.50. The van der Waals surface area contributed by atoms with Gasteiger partial charge >= 0.3 is 6.36 Å². The first-order valence-electron chi connectivity index (χ1n) is 8.75. The molecule has 0 saturated heterocycles. The quantitative estimate of drug-likeness (QED) is 0.489. The highest BCUT2D eigenvalue weighted by Gasteiger charge is 2.31. The van der Waals surface area contributed by atoms with Crippen LogP contribution in [0.3, 0.4) is 0 Å². The van der Waals surface area contributed by atoms with Crippen molar-refractivity contribution in [3.8, 4) is 16.9 Å². The van der Waals surface area contributed by atoms with Crippen molar-refractivity contribution in [2.24, 2.45) is 0 Å². The Morgan fingerprint density at radius 3 is 2.29 bits per heavy atom. The first-order chi connectivity index (χ1) is 13.3. The van der Waals surface area contributed by atoms with Crippen LogP contribution in [0.25, 0.3) is 11.1 Å². The number of ether oxygens (including phenoxy) is 1. The minimum Gasteiger partial charge on any atom is -0.406 e. The van der Waals surface area contributed by atoms with E-state index in [4.69, 9.17) is 11.6 Å². The summed E-state index contributed by atoms with van der Waals surface area (Å²) in [6, 6.07) is 21.6. The van der Waals surface area contributed by atoms with Crippen LogP contribution in [-0.4, -0.2) is 6.36 Å². The molecule has 0 aliphatic rings. The summed E-state index contributed by atoms with van der Waals surface area (Å²) in [5, 5.41) is 3.99. The highest BCUT2D eigenvalue weighted by Crippen LogP contribution is 2.31. The molecule has 0 aromatic heterocycles. The molecule has 0 amide bonds. The first-order valence-corrected chi connectivity index (χ1v) is 9.12. The van der Waals surface area contributed by atoms with Crippen LogP contribution in [0.5, 0.6) is 5.75 Å². The largest absolute Gasteiger partial charge is 0.573 e. The van der Waals surface area contributed by atoms with Crippen molar-refractivity contribution in [1.29, 1.82) is 0 Å². The van der Waals surface area contributed by atoms with E-state index < -0.39 is 6.36 Å². The van der Waals surface area contributed by atoms with E-state index in [1.54, 1.807) is 18.2 Å². The molecule has 2 nitrogen and oxygen atoms in total. The van der Waals surface area contributed by atoms with Crippen molar-refractivity contribution < 1.29 is 17.9 Å². The molecule has 1 unspecified atom stereocenters. The Hall–Kier alpha value is -2.50. The van der Waals surface area contributed by atoms with Crippen molar-refractivity contribution in [3.05, 3.63) is 88.9 Å². The zero-order valence-electron chi connectivity index (χ0n) is 15.1. The predicted octanol–water partition coefficient (Wildman–Crippen LogP) is 6.76. The van der Waals surface area contributed by atoms with Crippen LogP contribution in [0.15, 0.2) is 72.8 Å². The van der Waals surface area contributed by atoms with E-state index in [1.807, 2.05) is 30.3 Å². The highest BCUT2D eigenvalue weighted by atomic mass is 35.5. The zero-order chi connectivity index (χ0) is 20.1. The third-order valence-corrected chi connectivity index (χ3v) is 4.67. The van der Waals surface area contributed by atoms with E-state index in [0.29, 0.717) is 11.6 Å². The average Bonchev–Trinajstić information content (AvgIpc) is 2.67. The Morgan fingerprint density at radius 2 is 1.64 bits per heavy atom. The maximum Gasteiger partial charge on any atom is 0.573 e. The minimum absolute atomic E-state index is 0.180. The van der Waals surface area contributed by atoms with Crippen molar-refractivity contribution in [1.82, 2.24) is 5.32 Å². The second-order valence-electron chi connectivity index (χ2n) is 6.40. The molecule has 0 saturated carbocycles. The zero-order valence-corrected chi connectivity index (χ0v) is 15.9. The lowest BCUT2D eigenvalue weighted by molar-refractivity contribution is -0.274. The smallest absolute Gasteiger partial charge is 0.406 e. The van der Waals surface area contributed by atoms with Crippen LogP contribution >= 0.6 is 11.6 Å². The molecule has 0 fully saturated rings. The fourth-order valence-electron chi connectivity index (χ4n) is 2.87. The molecular formula is C22H19ClF3NO. The van der Waals surface area contributed by atoms with Gasteiger partial charge in [0.1, 0.15) is 5.75 Å². The van der Waals surface area contributed by atoms with Gasteiger partial charge in [-0.25, -0.2) is 0 Å². The SMILES string of the molecule is CC(NCc1ccc(Cl)c(-c2ccc(OC(F)(F)F)cc2)c1)c1ccccc1. The Bertz CT molecular complexity index is 911. The molecule has 0 aliphatic carbocycles. The molecule has 28 heavy (non-hydrogen) atoms. The lowest BCUT2D eigenvalue weighted by Gasteiger charge is -2.15. The van der Waals surface area contributed by atoms with Crippen LogP contribution in [0.4, 0.5) is 13.2 Å². The number of nitrogens with one attached hydrogen (secondary N) is 1. The summed E-state index contributed by atoms with van der Waals surface area (Å²) >= 11 is 6.30. The van der Waals surface area contributed by atoms with Crippen molar-refractivity contribution >= 4 is 11.6 Å². The highest BCUT2D eigenvalue weighted by molar-refractivity contribution is 6.33. The van der Waals surface area contributed by atoms with Crippen molar-refractivity contribution in [3.63, 3.8) is 0 Å².